The number of carbonyl (C=O) groups excluding carboxylic acids is 1. The summed E-state index contributed by atoms with van der Waals surface area (Å²) in [4.78, 5) is 21.6. The van der Waals surface area contributed by atoms with E-state index in [1.54, 1.807) is 0 Å². The fourth-order valence-corrected chi connectivity index (χ4v) is 3.29. The van der Waals surface area contributed by atoms with Gasteiger partial charge in [-0.1, -0.05) is 28.9 Å². The minimum absolute atomic E-state index is 0.0569. The normalized spacial score (nSPS) is 22.1. The molecule has 0 bridgehead atoms. The van der Waals surface area contributed by atoms with Crippen molar-refractivity contribution in [1.82, 2.24) is 9.80 Å². The molecule has 130 valence electrons. The highest BCUT2D eigenvalue weighted by Crippen LogP contribution is 2.16. The van der Waals surface area contributed by atoms with Crippen molar-refractivity contribution < 1.29 is 14.4 Å². The molecule has 1 aromatic rings. The smallest absolute Gasteiger partial charge is 0.355 e. The molecule has 2 aliphatic rings. The van der Waals surface area contributed by atoms with Gasteiger partial charge in [-0.2, -0.15) is 0 Å². The highest BCUT2D eigenvalue weighted by molar-refractivity contribution is 6.36. The van der Waals surface area contributed by atoms with Crippen molar-refractivity contribution in [2.24, 2.45) is 5.16 Å². The minimum atomic E-state index is -0.399. The standard InChI is InChI=1S/C17H22ClN3O3/c1-23-17(22)16-10-15(24-19-16)12-21-7-5-20(6-8-21)11-13-3-2-4-14(18)9-13/h2-4,9,15H,5-8,10-12H2,1H3. The zero-order chi connectivity index (χ0) is 16.9. The van der Waals surface area contributed by atoms with Gasteiger partial charge in [0.05, 0.1) is 7.11 Å². The number of halogens is 1. The average Bonchev–Trinajstić information content (AvgIpc) is 3.04. The van der Waals surface area contributed by atoms with E-state index in [9.17, 15) is 4.79 Å². The van der Waals surface area contributed by atoms with Crippen LogP contribution < -0.4 is 0 Å². The number of oxime groups is 1. The summed E-state index contributed by atoms with van der Waals surface area (Å²) in [5, 5.41) is 4.61. The minimum Gasteiger partial charge on any atom is -0.464 e. The molecule has 1 unspecified atom stereocenters. The molecule has 0 radical (unpaired) electrons. The van der Waals surface area contributed by atoms with Gasteiger partial charge in [-0.05, 0) is 17.7 Å². The third kappa shape index (κ3) is 4.47. The summed E-state index contributed by atoms with van der Waals surface area (Å²) in [5.74, 6) is -0.399. The SMILES string of the molecule is COC(=O)C1=NOC(CN2CCN(Cc3cccc(Cl)c3)CC2)C1. The Morgan fingerprint density at radius 2 is 2.08 bits per heavy atom. The number of nitrogens with zero attached hydrogens (tertiary/aromatic N) is 3. The van der Waals surface area contributed by atoms with Crippen LogP contribution in [0.2, 0.25) is 5.02 Å². The van der Waals surface area contributed by atoms with Crippen LogP contribution in [0, 0.1) is 0 Å². The number of esters is 1. The van der Waals surface area contributed by atoms with E-state index in [-0.39, 0.29) is 6.10 Å². The van der Waals surface area contributed by atoms with Gasteiger partial charge in [-0.25, -0.2) is 4.79 Å². The van der Waals surface area contributed by atoms with E-state index in [0.29, 0.717) is 12.1 Å². The maximum Gasteiger partial charge on any atom is 0.355 e. The number of hydrogen-bond donors (Lipinski definition) is 0. The molecule has 1 aromatic carbocycles. The van der Waals surface area contributed by atoms with Crippen molar-refractivity contribution in [2.75, 3.05) is 39.8 Å². The molecule has 0 aromatic heterocycles. The number of hydrogen-bond acceptors (Lipinski definition) is 6. The van der Waals surface area contributed by atoms with Gasteiger partial charge in [0.2, 0.25) is 0 Å². The Bertz CT molecular complexity index is 615. The van der Waals surface area contributed by atoms with E-state index in [0.717, 1.165) is 44.3 Å². The number of rotatable bonds is 5. The molecular formula is C17H22ClN3O3. The Morgan fingerprint density at radius 1 is 1.33 bits per heavy atom. The van der Waals surface area contributed by atoms with Crippen molar-refractivity contribution in [2.45, 2.75) is 19.1 Å². The molecule has 3 rings (SSSR count). The van der Waals surface area contributed by atoms with E-state index >= 15 is 0 Å². The number of piperazine rings is 1. The molecule has 1 atom stereocenters. The first kappa shape index (κ1) is 17.2. The molecule has 0 aliphatic carbocycles. The van der Waals surface area contributed by atoms with Crippen LogP contribution in [0.5, 0.6) is 0 Å². The molecule has 0 saturated carbocycles. The molecule has 0 amide bonds. The van der Waals surface area contributed by atoms with Crippen LogP contribution in [-0.4, -0.2) is 67.4 Å². The molecule has 0 spiro atoms. The lowest BCUT2D eigenvalue weighted by Gasteiger charge is -2.35. The lowest BCUT2D eigenvalue weighted by molar-refractivity contribution is -0.132. The quantitative estimate of drug-likeness (QED) is 0.757. The number of methoxy groups -OCH3 is 1. The van der Waals surface area contributed by atoms with Gasteiger partial charge in [0.15, 0.2) is 5.71 Å². The summed E-state index contributed by atoms with van der Waals surface area (Å²) in [7, 11) is 1.36. The zero-order valence-electron chi connectivity index (χ0n) is 13.8. The second-order valence-corrected chi connectivity index (χ2v) is 6.60. The summed E-state index contributed by atoms with van der Waals surface area (Å²) in [6.07, 6.45) is 0.466. The highest BCUT2D eigenvalue weighted by atomic mass is 35.5. The van der Waals surface area contributed by atoms with Crippen molar-refractivity contribution in [3.05, 3.63) is 34.9 Å². The van der Waals surface area contributed by atoms with Crippen LogP contribution in [0.15, 0.2) is 29.4 Å². The Labute approximate surface area is 146 Å². The van der Waals surface area contributed by atoms with Crippen LogP contribution >= 0.6 is 11.6 Å². The third-order valence-corrected chi connectivity index (χ3v) is 4.61. The van der Waals surface area contributed by atoms with Crippen LogP contribution in [0.1, 0.15) is 12.0 Å². The largest absolute Gasteiger partial charge is 0.464 e. The Balaban J connectivity index is 1.41. The number of benzene rings is 1. The first-order valence-electron chi connectivity index (χ1n) is 8.14. The monoisotopic (exact) mass is 351 g/mol. The summed E-state index contributed by atoms with van der Waals surface area (Å²) in [6.45, 7) is 5.68. The summed E-state index contributed by atoms with van der Waals surface area (Å²) < 4.78 is 4.67. The maximum atomic E-state index is 11.4. The molecule has 2 heterocycles. The highest BCUT2D eigenvalue weighted by Gasteiger charge is 2.29. The van der Waals surface area contributed by atoms with Crippen molar-refractivity contribution in [3.8, 4) is 0 Å². The summed E-state index contributed by atoms with van der Waals surface area (Å²) in [5.41, 5.74) is 1.62. The molecule has 7 heteroatoms. The van der Waals surface area contributed by atoms with Crippen LogP contribution in [0.25, 0.3) is 0 Å². The predicted octanol–water partition coefficient (Wildman–Crippen LogP) is 1.78. The molecule has 0 N–H and O–H groups in total. The van der Waals surface area contributed by atoms with E-state index in [4.69, 9.17) is 16.4 Å². The molecule has 6 nitrogen and oxygen atoms in total. The number of carbonyl (C=O) groups is 1. The molecule has 2 aliphatic heterocycles. The predicted molar refractivity (Wildman–Crippen MR) is 92.1 cm³/mol. The lowest BCUT2D eigenvalue weighted by atomic mass is 10.1. The second-order valence-electron chi connectivity index (χ2n) is 6.17. The second kappa shape index (κ2) is 7.96. The first-order valence-corrected chi connectivity index (χ1v) is 8.52. The zero-order valence-corrected chi connectivity index (χ0v) is 14.5. The molecule has 1 saturated heterocycles. The topological polar surface area (TPSA) is 54.4 Å². The van der Waals surface area contributed by atoms with Gasteiger partial charge in [0.25, 0.3) is 0 Å². The summed E-state index contributed by atoms with van der Waals surface area (Å²) in [6, 6.07) is 8.02. The van der Waals surface area contributed by atoms with E-state index < -0.39 is 5.97 Å². The van der Waals surface area contributed by atoms with E-state index in [1.807, 2.05) is 18.2 Å². The first-order chi connectivity index (χ1) is 11.6. The van der Waals surface area contributed by atoms with Crippen LogP contribution in [0.3, 0.4) is 0 Å². The number of ether oxygens (including phenoxy) is 1. The Kier molecular flexibility index (Phi) is 5.71. The maximum absolute atomic E-state index is 11.4. The average molecular weight is 352 g/mol. The lowest BCUT2D eigenvalue weighted by Crippen LogP contribution is -2.48. The van der Waals surface area contributed by atoms with Gasteiger partial charge in [0, 0.05) is 50.7 Å². The molecule has 24 heavy (non-hydrogen) atoms. The molecular weight excluding hydrogens is 330 g/mol. The van der Waals surface area contributed by atoms with Gasteiger partial charge < -0.3 is 9.57 Å². The van der Waals surface area contributed by atoms with Crippen LogP contribution in [-0.2, 0) is 20.9 Å². The van der Waals surface area contributed by atoms with E-state index in [1.165, 1.54) is 12.7 Å². The van der Waals surface area contributed by atoms with Gasteiger partial charge in [0.1, 0.15) is 6.10 Å². The van der Waals surface area contributed by atoms with Gasteiger partial charge in [-0.3, -0.25) is 9.80 Å². The Hall–Kier alpha value is -1.63. The Morgan fingerprint density at radius 3 is 2.79 bits per heavy atom. The van der Waals surface area contributed by atoms with Gasteiger partial charge >= 0.3 is 5.97 Å². The fourth-order valence-electron chi connectivity index (χ4n) is 3.08. The van der Waals surface area contributed by atoms with Crippen molar-refractivity contribution in [1.29, 1.82) is 0 Å². The van der Waals surface area contributed by atoms with Crippen molar-refractivity contribution in [3.63, 3.8) is 0 Å². The fraction of sp³-hybridized carbons (Fsp3) is 0.529. The third-order valence-electron chi connectivity index (χ3n) is 4.38. The van der Waals surface area contributed by atoms with Crippen molar-refractivity contribution >= 4 is 23.3 Å². The van der Waals surface area contributed by atoms with Crippen LogP contribution in [0.4, 0.5) is 0 Å². The summed E-state index contributed by atoms with van der Waals surface area (Å²) >= 11 is 6.04. The van der Waals surface area contributed by atoms with Gasteiger partial charge in [-0.15, -0.1) is 0 Å². The van der Waals surface area contributed by atoms with E-state index in [2.05, 4.69) is 25.8 Å². The molecule has 1 fully saturated rings.